The van der Waals surface area contributed by atoms with Gasteiger partial charge in [-0.2, -0.15) is 0 Å². The quantitative estimate of drug-likeness (QED) is 0.757. The second kappa shape index (κ2) is 3.88. The highest BCUT2D eigenvalue weighted by Crippen LogP contribution is 2.42. The van der Waals surface area contributed by atoms with Gasteiger partial charge in [0, 0.05) is 6.20 Å². The fourth-order valence-electron chi connectivity index (χ4n) is 2.43. The molecule has 1 saturated carbocycles. The molecule has 0 bridgehead atoms. The van der Waals surface area contributed by atoms with Gasteiger partial charge in [-0.1, -0.05) is 12.1 Å². The molecule has 0 aliphatic heterocycles. The van der Waals surface area contributed by atoms with Gasteiger partial charge in [0.25, 0.3) is 0 Å². The van der Waals surface area contributed by atoms with E-state index in [1.54, 1.807) is 18.5 Å². The fourth-order valence-corrected chi connectivity index (χ4v) is 2.43. The Kier molecular flexibility index (Phi) is 2.18. The second-order valence-electron chi connectivity index (χ2n) is 4.96. The van der Waals surface area contributed by atoms with E-state index in [9.17, 15) is 4.39 Å². The van der Waals surface area contributed by atoms with Crippen LogP contribution in [-0.4, -0.2) is 15.0 Å². The molecule has 0 saturated heterocycles. The van der Waals surface area contributed by atoms with E-state index in [1.165, 1.54) is 0 Å². The number of aromatic amines is 1. The molecular formula is C15H12FN3. The van der Waals surface area contributed by atoms with E-state index in [1.807, 2.05) is 18.2 Å². The number of nitrogens with one attached hydrogen (secondary N) is 1. The molecule has 1 aliphatic rings. The van der Waals surface area contributed by atoms with Crippen LogP contribution in [0.25, 0.3) is 22.4 Å². The van der Waals surface area contributed by atoms with Crippen LogP contribution in [0.15, 0.2) is 36.7 Å². The number of rotatable bonds is 2. The molecule has 2 aromatic heterocycles. The largest absolute Gasteiger partial charge is 0.337 e. The first kappa shape index (κ1) is 10.7. The number of aromatic nitrogens is 3. The molecular weight excluding hydrogens is 241 g/mol. The van der Waals surface area contributed by atoms with Crippen LogP contribution in [0.1, 0.15) is 24.3 Å². The standard InChI is InChI=1S/C15H12FN3/c16-14-10(9-4-5-9)2-1-3-11(14)15-18-12-6-7-17-8-13(12)19-15/h1-3,6-9H,4-5H2,(H,18,19). The van der Waals surface area contributed by atoms with Crippen molar-refractivity contribution in [1.82, 2.24) is 15.0 Å². The van der Waals surface area contributed by atoms with Crippen molar-refractivity contribution in [3.8, 4) is 11.4 Å². The molecule has 1 aliphatic carbocycles. The average Bonchev–Trinajstić information content (AvgIpc) is 3.17. The van der Waals surface area contributed by atoms with Crippen molar-refractivity contribution in [3.63, 3.8) is 0 Å². The summed E-state index contributed by atoms with van der Waals surface area (Å²) in [6.07, 6.45) is 5.56. The smallest absolute Gasteiger partial charge is 0.141 e. The zero-order valence-electron chi connectivity index (χ0n) is 10.2. The molecule has 94 valence electrons. The van der Waals surface area contributed by atoms with Crippen LogP contribution in [0, 0.1) is 5.82 Å². The topological polar surface area (TPSA) is 41.6 Å². The van der Waals surface area contributed by atoms with Crippen molar-refractivity contribution in [2.75, 3.05) is 0 Å². The summed E-state index contributed by atoms with van der Waals surface area (Å²) < 4.78 is 14.5. The molecule has 2 heterocycles. The van der Waals surface area contributed by atoms with Crippen molar-refractivity contribution in [1.29, 1.82) is 0 Å². The Balaban J connectivity index is 1.89. The van der Waals surface area contributed by atoms with E-state index < -0.39 is 0 Å². The number of nitrogens with zero attached hydrogens (tertiary/aromatic N) is 2. The lowest BCUT2D eigenvalue weighted by Crippen LogP contribution is -1.92. The molecule has 3 aromatic rings. The molecule has 0 atom stereocenters. The summed E-state index contributed by atoms with van der Waals surface area (Å²) in [4.78, 5) is 11.6. The summed E-state index contributed by atoms with van der Waals surface area (Å²) >= 11 is 0. The van der Waals surface area contributed by atoms with Gasteiger partial charge in [-0.05, 0) is 36.5 Å². The van der Waals surface area contributed by atoms with Crippen LogP contribution in [0.5, 0.6) is 0 Å². The van der Waals surface area contributed by atoms with Crippen molar-refractivity contribution in [3.05, 3.63) is 48.0 Å². The van der Waals surface area contributed by atoms with Gasteiger partial charge in [0.2, 0.25) is 0 Å². The molecule has 1 aromatic carbocycles. The highest BCUT2D eigenvalue weighted by atomic mass is 19.1. The Morgan fingerprint density at radius 3 is 2.89 bits per heavy atom. The lowest BCUT2D eigenvalue weighted by Gasteiger charge is -2.04. The maximum atomic E-state index is 14.5. The summed E-state index contributed by atoms with van der Waals surface area (Å²) in [5.74, 6) is 0.825. The van der Waals surface area contributed by atoms with Gasteiger partial charge in [0.05, 0.1) is 22.8 Å². The Labute approximate surface area is 109 Å². The zero-order chi connectivity index (χ0) is 12.8. The Morgan fingerprint density at radius 1 is 1.21 bits per heavy atom. The van der Waals surface area contributed by atoms with Gasteiger partial charge in [-0.3, -0.25) is 4.98 Å². The SMILES string of the molecule is Fc1c(-c2nc3ccncc3[nH]2)cccc1C1CC1. The van der Waals surface area contributed by atoms with Gasteiger partial charge in [0.15, 0.2) is 0 Å². The zero-order valence-corrected chi connectivity index (χ0v) is 10.2. The predicted octanol–water partition coefficient (Wildman–Crippen LogP) is 3.64. The first-order chi connectivity index (χ1) is 9.33. The van der Waals surface area contributed by atoms with Gasteiger partial charge < -0.3 is 4.98 Å². The number of hydrogen-bond donors (Lipinski definition) is 1. The highest BCUT2D eigenvalue weighted by molar-refractivity contribution is 5.78. The molecule has 0 radical (unpaired) electrons. The maximum Gasteiger partial charge on any atom is 0.141 e. The van der Waals surface area contributed by atoms with Crippen LogP contribution in [-0.2, 0) is 0 Å². The first-order valence-electron chi connectivity index (χ1n) is 6.41. The van der Waals surface area contributed by atoms with Crippen LogP contribution < -0.4 is 0 Å². The molecule has 0 unspecified atom stereocenters. The summed E-state index contributed by atoms with van der Waals surface area (Å²) in [5, 5.41) is 0. The van der Waals surface area contributed by atoms with Crippen molar-refractivity contribution >= 4 is 11.0 Å². The van der Waals surface area contributed by atoms with Gasteiger partial charge in [-0.15, -0.1) is 0 Å². The minimum absolute atomic E-state index is 0.142. The predicted molar refractivity (Wildman–Crippen MR) is 71.3 cm³/mol. The lowest BCUT2D eigenvalue weighted by atomic mass is 10.1. The van der Waals surface area contributed by atoms with Crippen molar-refractivity contribution in [2.24, 2.45) is 0 Å². The number of pyridine rings is 1. The number of fused-ring (bicyclic) bond motifs is 1. The molecule has 3 nitrogen and oxygen atoms in total. The summed E-state index contributed by atoms with van der Waals surface area (Å²) in [6, 6.07) is 7.36. The molecule has 0 amide bonds. The third-order valence-corrected chi connectivity index (χ3v) is 3.58. The van der Waals surface area contributed by atoms with E-state index in [0.717, 1.165) is 29.4 Å². The minimum Gasteiger partial charge on any atom is -0.337 e. The molecule has 4 heteroatoms. The van der Waals surface area contributed by atoms with Gasteiger partial charge in [0.1, 0.15) is 11.6 Å². The Morgan fingerprint density at radius 2 is 2.11 bits per heavy atom. The van der Waals surface area contributed by atoms with Crippen LogP contribution in [0.4, 0.5) is 4.39 Å². The monoisotopic (exact) mass is 253 g/mol. The molecule has 0 spiro atoms. The van der Waals surface area contributed by atoms with E-state index >= 15 is 0 Å². The van der Waals surface area contributed by atoms with Crippen molar-refractivity contribution < 1.29 is 4.39 Å². The number of H-pyrrole nitrogens is 1. The highest BCUT2D eigenvalue weighted by Gasteiger charge is 2.28. The molecule has 4 rings (SSSR count). The number of hydrogen-bond acceptors (Lipinski definition) is 2. The van der Waals surface area contributed by atoms with Gasteiger partial charge >= 0.3 is 0 Å². The minimum atomic E-state index is -0.142. The summed E-state index contributed by atoms with van der Waals surface area (Å²) in [5.41, 5.74) is 2.99. The number of imidazole rings is 1. The summed E-state index contributed by atoms with van der Waals surface area (Å²) in [7, 11) is 0. The normalized spacial score (nSPS) is 15.0. The van der Waals surface area contributed by atoms with Crippen molar-refractivity contribution in [2.45, 2.75) is 18.8 Å². The molecule has 1 N–H and O–H groups in total. The molecule has 1 fully saturated rings. The van der Waals surface area contributed by atoms with E-state index in [4.69, 9.17) is 0 Å². The van der Waals surface area contributed by atoms with Crippen LogP contribution in [0.3, 0.4) is 0 Å². The first-order valence-corrected chi connectivity index (χ1v) is 6.41. The van der Waals surface area contributed by atoms with Crippen LogP contribution >= 0.6 is 0 Å². The Hall–Kier alpha value is -2.23. The van der Waals surface area contributed by atoms with E-state index in [0.29, 0.717) is 17.3 Å². The maximum absolute atomic E-state index is 14.5. The van der Waals surface area contributed by atoms with E-state index in [-0.39, 0.29) is 5.82 Å². The second-order valence-corrected chi connectivity index (χ2v) is 4.96. The van der Waals surface area contributed by atoms with E-state index in [2.05, 4.69) is 15.0 Å². The third kappa shape index (κ3) is 1.71. The number of halogens is 1. The molecule has 19 heavy (non-hydrogen) atoms. The number of benzene rings is 1. The lowest BCUT2D eigenvalue weighted by molar-refractivity contribution is 0.613. The van der Waals surface area contributed by atoms with Gasteiger partial charge in [-0.25, -0.2) is 9.37 Å². The fraction of sp³-hybridized carbons (Fsp3) is 0.200. The Bertz CT molecular complexity index is 726. The third-order valence-electron chi connectivity index (χ3n) is 3.58. The average molecular weight is 253 g/mol. The van der Waals surface area contributed by atoms with Crippen LogP contribution in [0.2, 0.25) is 0 Å². The summed E-state index contributed by atoms with van der Waals surface area (Å²) in [6.45, 7) is 0.